The van der Waals surface area contributed by atoms with Gasteiger partial charge in [-0.25, -0.2) is 0 Å². The van der Waals surface area contributed by atoms with Gasteiger partial charge in [-0.05, 0) is 31.8 Å². The summed E-state index contributed by atoms with van der Waals surface area (Å²) >= 11 is 0. The van der Waals surface area contributed by atoms with Crippen LogP contribution in [0.2, 0.25) is 0 Å². The fraction of sp³-hybridized carbons (Fsp3) is 0.545. The Morgan fingerprint density at radius 2 is 2.12 bits per heavy atom. The van der Waals surface area contributed by atoms with E-state index >= 15 is 0 Å². The highest BCUT2D eigenvalue weighted by atomic mass is 16.5. The smallest absolute Gasteiger partial charge is 0.291 e. The molecule has 0 aromatic carbocycles. The van der Waals surface area contributed by atoms with Crippen molar-refractivity contribution in [3.63, 3.8) is 0 Å². The summed E-state index contributed by atoms with van der Waals surface area (Å²) in [5.41, 5.74) is -0.171. The van der Waals surface area contributed by atoms with Crippen molar-refractivity contribution in [3.8, 4) is 5.88 Å². The SMILES string of the molecule is CC(C)Cn1c(O)c(C(=O)NC2CC2)c(=O)n2ncc(C=CC(=O)N3CCOCC3C)c12. The van der Waals surface area contributed by atoms with Gasteiger partial charge in [-0.2, -0.15) is 9.61 Å². The van der Waals surface area contributed by atoms with Crippen molar-refractivity contribution in [2.45, 2.75) is 52.2 Å². The Morgan fingerprint density at radius 3 is 2.78 bits per heavy atom. The minimum Gasteiger partial charge on any atom is -0.494 e. The standard InChI is InChI=1S/C22H29N5O5/c1-13(2)11-26-20-15(4-7-17(28)25-8-9-32-12-14(25)3)10-23-27(20)22(31)18(21(26)30)19(29)24-16-5-6-16/h4,7,10,13-14,16,30H,5-6,8-9,11-12H2,1-3H3,(H,24,29). The molecule has 32 heavy (non-hydrogen) atoms. The third kappa shape index (κ3) is 4.27. The first kappa shape index (κ1) is 22.1. The molecule has 0 bridgehead atoms. The number of nitrogens with zero attached hydrogens (tertiary/aromatic N) is 4. The number of aromatic nitrogens is 3. The largest absolute Gasteiger partial charge is 0.494 e. The Morgan fingerprint density at radius 1 is 1.38 bits per heavy atom. The summed E-state index contributed by atoms with van der Waals surface area (Å²) in [6.07, 6.45) is 6.21. The van der Waals surface area contributed by atoms with Crippen molar-refractivity contribution in [2.75, 3.05) is 19.8 Å². The zero-order chi connectivity index (χ0) is 23.0. The van der Waals surface area contributed by atoms with Crippen molar-refractivity contribution in [1.82, 2.24) is 24.4 Å². The Balaban J connectivity index is 1.75. The highest BCUT2D eigenvalue weighted by molar-refractivity contribution is 5.97. The molecule has 2 fully saturated rings. The van der Waals surface area contributed by atoms with Crippen molar-refractivity contribution in [2.24, 2.45) is 5.92 Å². The third-order valence-corrected chi connectivity index (χ3v) is 5.66. The van der Waals surface area contributed by atoms with Gasteiger partial charge in [-0.1, -0.05) is 13.8 Å². The van der Waals surface area contributed by atoms with Gasteiger partial charge in [-0.3, -0.25) is 19.0 Å². The molecule has 1 aliphatic carbocycles. The number of carbonyl (C=O) groups excluding carboxylic acids is 2. The van der Waals surface area contributed by atoms with Crippen molar-refractivity contribution in [3.05, 3.63) is 33.8 Å². The molecule has 1 aliphatic heterocycles. The fourth-order valence-electron chi connectivity index (χ4n) is 3.86. The summed E-state index contributed by atoms with van der Waals surface area (Å²) in [6.45, 7) is 7.71. The van der Waals surface area contributed by atoms with Crippen LogP contribution in [0.1, 0.15) is 49.5 Å². The van der Waals surface area contributed by atoms with Gasteiger partial charge < -0.3 is 20.1 Å². The summed E-state index contributed by atoms with van der Waals surface area (Å²) in [5.74, 6) is -1.03. The van der Waals surface area contributed by atoms with Crippen LogP contribution in [0.5, 0.6) is 5.88 Å². The van der Waals surface area contributed by atoms with E-state index in [4.69, 9.17) is 4.74 Å². The summed E-state index contributed by atoms with van der Waals surface area (Å²) in [7, 11) is 0. The number of carbonyl (C=O) groups is 2. The number of nitrogens with one attached hydrogen (secondary N) is 1. The Bertz CT molecular complexity index is 1130. The van der Waals surface area contributed by atoms with Crippen molar-refractivity contribution >= 4 is 23.5 Å². The lowest BCUT2D eigenvalue weighted by Gasteiger charge is -2.32. The maximum absolute atomic E-state index is 13.0. The van der Waals surface area contributed by atoms with Gasteiger partial charge in [0.1, 0.15) is 5.65 Å². The summed E-state index contributed by atoms with van der Waals surface area (Å²) in [4.78, 5) is 40.1. The number of amides is 2. The molecule has 2 aromatic heterocycles. The van der Waals surface area contributed by atoms with E-state index in [1.54, 1.807) is 11.0 Å². The van der Waals surface area contributed by atoms with Gasteiger partial charge >= 0.3 is 0 Å². The predicted molar refractivity (Wildman–Crippen MR) is 117 cm³/mol. The first-order valence-electron chi connectivity index (χ1n) is 11.0. The minimum absolute atomic E-state index is 0.0273. The van der Waals surface area contributed by atoms with Crippen LogP contribution in [0.3, 0.4) is 0 Å². The van der Waals surface area contributed by atoms with Gasteiger partial charge in [-0.15, -0.1) is 0 Å². The molecular weight excluding hydrogens is 414 g/mol. The molecule has 1 saturated heterocycles. The minimum atomic E-state index is -0.691. The van der Waals surface area contributed by atoms with E-state index in [-0.39, 0.29) is 29.5 Å². The van der Waals surface area contributed by atoms with Gasteiger partial charge in [0.05, 0.1) is 25.5 Å². The maximum Gasteiger partial charge on any atom is 0.291 e. The van der Waals surface area contributed by atoms with Crippen molar-refractivity contribution in [1.29, 1.82) is 0 Å². The van der Waals surface area contributed by atoms with Gasteiger partial charge in [0.2, 0.25) is 11.8 Å². The zero-order valence-corrected chi connectivity index (χ0v) is 18.6. The molecule has 4 rings (SSSR count). The molecule has 3 heterocycles. The second kappa shape index (κ2) is 8.78. The number of morpholine rings is 1. The Kier molecular flexibility index (Phi) is 6.05. The highest BCUT2D eigenvalue weighted by Crippen LogP contribution is 2.24. The molecule has 10 heteroatoms. The fourth-order valence-corrected chi connectivity index (χ4v) is 3.86. The van der Waals surface area contributed by atoms with Gasteiger partial charge in [0.25, 0.3) is 11.5 Å². The quantitative estimate of drug-likeness (QED) is 0.644. The molecule has 2 N–H and O–H groups in total. The monoisotopic (exact) mass is 443 g/mol. The summed E-state index contributed by atoms with van der Waals surface area (Å²) < 4.78 is 8.01. The Hall–Kier alpha value is -3.14. The number of rotatable bonds is 6. The number of aromatic hydroxyl groups is 1. The topological polar surface area (TPSA) is 118 Å². The van der Waals surface area contributed by atoms with Crippen LogP contribution in [0.25, 0.3) is 11.7 Å². The molecule has 0 spiro atoms. The molecule has 2 aromatic rings. The van der Waals surface area contributed by atoms with E-state index in [1.807, 2.05) is 20.8 Å². The predicted octanol–water partition coefficient (Wildman–Crippen LogP) is 1.01. The zero-order valence-electron chi connectivity index (χ0n) is 18.6. The van der Waals surface area contributed by atoms with Crippen LogP contribution in [-0.4, -0.2) is 67.8 Å². The van der Waals surface area contributed by atoms with E-state index in [2.05, 4.69) is 10.4 Å². The van der Waals surface area contributed by atoms with E-state index in [9.17, 15) is 19.5 Å². The molecule has 1 saturated carbocycles. The molecular formula is C22H29N5O5. The lowest BCUT2D eigenvalue weighted by Crippen LogP contribution is -2.46. The normalized spacial score (nSPS) is 19.2. The average Bonchev–Trinajstić information content (AvgIpc) is 3.45. The first-order chi connectivity index (χ1) is 15.3. The molecule has 1 unspecified atom stereocenters. The van der Waals surface area contributed by atoms with Crippen LogP contribution in [0.4, 0.5) is 0 Å². The molecule has 10 nitrogen and oxygen atoms in total. The number of fused-ring (bicyclic) bond motifs is 1. The Labute approximate surface area is 185 Å². The van der Waals surface area contributed by atoms with Gasteiger partial charge in [0, 0.05) is 30.8 Å². The highest BCUT2D eigenvalue weighted by Gasteiger charge is 2.30. The molecule has 1 atom stereocenters. The van der Waals surface area contributed by atoms with E-state index in [1.165, 1.54) is 16.8 Å². The van der Waals surface area contributed by atoms with Crippen LogP contribution in [0.15, 0.2) is 17.1 Å². The van der Waals surface area contributed by atoms with Crippen LogP contribution >= 0.6 is 0 Å². The van der Waals surface area contributed by atoms with E-state index < -0.39 is 17.3 Å². The third-order valence-electron chi connectivity index (χ3n) is 5.66. The maximum atomic E-state index is 13.0. The molecule has 2 aliphatic rings. The molecule has 0 radical (unpaired) electrons. The van der Waals surface area contributed by atoms with Gasteiger partial charge in [0.15, 0.2) is 5.56 Å². The number of hydrogen-bond donors (Lipinski definition) is 2. The van der Waals surface area contributed by atoms with Crippen LogP contribution in [0, 0.1) is 5.92 Å². The lowest BCUT2D eigenvalue weighted by atomic mass is 10.2. The summed E-state index contributed by atoms with van der Waals surface area (Å²) in [5, 5.41) is 17.9. The first-order valence-corrected chi connectivity index (χ1v) is 11.0. The van der Waals surface area contributed by atoms with Crippen molar-refractivity contribution < 1.29 is 19.4 Å². The second-order valence-electron chi connectivity index (χ2n) is 8.88. The van der Waals surface area contributed by atoms with E-state index in [0.717, 1.165) is 17.4 Å². The number of ether oxygens (including phenoxy) is 1. The second-order valence-corrected chi connectivity index (χ2v) is 8.88. The molecule has 2 amide bonds. The molecule has 172 valence electrons. The average molecular weight is 444 g/mol. The van der Waals surface area contributed by atoms with E-state index in [0.29, 0.717) is 37.5 Å². The summed E-state index contributed by atoms with van der Waals surface area (Å²) in [6, 6.07) is 0.0146. The lowest BCUT2D eigenvalue weighted by molar-refractivity contribution is -0.133. The number of hydrogen-bond acceptors (Lipinski definition) is 6. The van der Waals surface area contributed by atoms with Crippen LogP contribution in [-0.2, 0) is 16.1 Å². The van der Waals surface area contributed by atoms with Crippen LogP contribution < -0.4 is 10.9 Å².